The molecule has 0 spiro atoms. The van der Waals surface area contributed by atoms with Crippen LogP contribution in [-0.4, -0.2) is 43.6 Å². The highest BCUT2D eigenvalue weighted by Gasteiger charge is 2.34. The quantitative estimate of drug-likeness (QED) is 0.381. The maximum absolute atomic E-state index is 6.20. The minimum atomic E-state index is 0. The molecular formula is C17H25Cl2IN4. The molecule has 1 heterocycles. The Morgan fingerprint density at radius 3 is 2.71 bits per heavy atom. The molecule has 1 atom stereocenters. The van der Waals surface area contributed by atoms with Gasteiger partial charge in [-0.25, -0.2) is 0 Å². The zero-order valence-corrected chi connectivity index (χ0v) is 17.7. The van der Waals surface area contributed by atoms with Crippen LogP contribution in [0.2, 0.25) is 10.0 Å². The normalized spacial score (nSPS) is 21.5. The van der Waals surface area contributed by atoms with Crippen molar-refractivity contribution in [3.63, 3.8) is 0 Å². The summed E-state index contributed by atoms with van der Waals surface area (Å²) in [6, 6.07) is 6.44. The number of hydrogen-bond donors (Lipinski definition) is 2. The molecule has 1 saturated heterocycles. The fourth-order valence-electron chi connectivity index (χ4n) is 3.11. The van der Waals surface area contributed by atoms with Gasteiger partial charge in [-0.3, -0.25) is 4.99 Å². The van der Waals surface area contributed by atoms with E-state index < -0.39 is 0 Å². The van der Waals surface area contributed by atoms with Crippen LogP contribution < -0.4 is 10.6 Å². The van der Waals surface area contributed by atoms with E-state index in [2.05, 4.69) is 20.5 Å². The Hall–Kier alpha value is -0.240. The number of hydrogen-bond acceptors (Lipinski definition) is 2. The Kier molecular flexibility index (Phi) is 7.91. The Morgan fingerprint density at radius 1 is 1.25 bits per heavy atom. The summed E-state index contributed by atoms with van der Waals surface area (Å²) in [5.74, 6) is 1.54. The molecular weight excluding hydrogens is 458 g/mol. The van der Waals surface area contributed by atoms with E-state index in [1.807, 2.05) is 12.1 Å². The van der Waals surface area contributed by atoms with Crippen molar-refractivity contribution in [1.29, 1.82) is 0 Å². The molecule has 7 heteroatoms. The lowest BCUT2D eigenvalue weighted by Gasteiger charge is -2.17. The van der Waals surface area contributed by atoms with Crippen LogP contribution in [0.3, 0.4) is 0 Å². The van der Waals surface area contributed by atoms with E-state index in [4.69, 9.17) is 23.2 Å². The molecule has 134 valence electrons. The van der Waals surface area contributed by atoms with Crippen molar-refractivity contribution in [3.8, 4) is 0 Å². The molecule has 24 heavy (non-hydrogen) atoms. The number of likely N-dealkylation sites (tertiary alicyclic amines) is 1. The van der Waals surface area contributed by atoms with Gasteiger partial charge in [-0.1, -0.05) is 29.3 Å². The van der Waals surface area contributed by atoms with Crippen LogP contribution in [0.5, 0.6) is 0 Å². The second-order valence-electron chi connectivity index (χ2n) is 6.42. The summed E-state index contributed by atoms with van der Waals surface area (Å²) in [6.45, 7) is 4.08. The molecule has 2 aliphatic rings. The number of nitrogens with one attached hydrogen (secondary N) is 2. The molecule has 1 saturated carbocycles. The molecule has 1 aromatic rings. The van der Waals surface area contributed by atoms with E-state index in [9.17, 15) is 0 Å². The average Bonchev–Trinajstić information content (AvgIpc) is 3.28. The first-order valence-corrected chi connectivity index (χ1v) is 9.04. The SMILES string of the molecule is CN=C(NCc1ccc(Cl)cc1Cl)NCC1CCN(C2CC2)C1.I. The minimum Gasteiger partial charge on any atom is -0.356 e. The summed E-state index contributed by atoms with van der Waals surface area (Å²) in [4.78, 5) is 6.92. The molecule has 2 N–H and O–H groups in total. The number of nitrogens with zero attached hydrogens (tertiary/aromatic N) is 2. The highest BCUT2D eigenvalue weighted by Crippen LogP contribution is 2.31. The summed E-state index contributed by atoms with van der Waals surface area (Å²) in [5.41, 5.74) is 1.01. The van der Waals surface area contributed by atoms with Gasteiger partial charge in [0.15, 0.2) is 5.96 Å². The third-order valence-corrected chi connectivity index (χ3v) is 5.21. The van der Waals surface area contributed by atoms with Crippen molar-refractivity contribution in [1.82, 2.24) is 15.5 Å². The molecule has 0 bridgehead atoms. The third kappa shape index (κ3) is 5.64. The standard InChI is InChI=1S/C17H24Cl2N4.HI/c1-20-17(22-10-13-2-3-14(18)8-16(13)19)21-9-12-6-7-23(11-12)15-4-5-15;/h2-3,8,12,15H,4-7,9-11H2,1H3,(H2,20,21,22);1H. The van der Waals surface area contributed by atoms with Crippen LogP contribution in [-0.2, 0) is 6.54 Å². The predicted molar refractivity (Wildman–Crippen MR) is 113 cm³/mol. The third-order valence-electron chi connectivity index (χ3n) is 4.62. The van der Waals surface area contributed by atoms with E-state index in [0.717, 1.165) is 24.1 Å². The van der Waals surface area contributed by atoms with Gasteiger partial charge in [-0.15, -0.1) is 24.0 Å². The second-order valence-corrected chi connectivity index (χ2v) is 7.27. The van der Waals surface area contributed by atoms with Gasteiger partial charge >= 0.3 is 0 Å². The van der Waals surface area contributed by atoms with Gasteiger partial charge in [0.1, 0.15) is 0 Å². The first-order chi connectivity index (χ1) is 11.2. The number of benzene rings is 1. The van der Waals surface area contributed by atoms with Crippen LogP contribution in [0.15, 0.2) is 23.2 Å². The van der Waals surface area contributed by atoms with E-state index in [1.165, 1.54) is 32.4 Å². The van der Waals surface area contributed by atoms with Crippen molar-refractivity contribution in [3.05, 3.63) is 33.8 Å². The fraction of sp³-hybridized carbons (Fsp3) is 0.588. The topological polar surface area (TPSA) is 39.7 Å². The molecule has 4 nitrogen and oxygen atoms in total. The largest absolute Gasteiger partial charge is 0.356 e. The molecule has 1 aliphatic carbocycles. The molecule has 2 fully saturated rings. The van der Waals surface area contributed by atoms with Crippen LogP contribution >= 0.6 is 47.2 Å². The zero-order valence-electron chi connectivity index (χ0n) is 13.9. The monoisotopic (exact) mass is 482 g/mol. The van der Waals surface area contributed by atoms with Gasteiger partial charge in [-0.2, -0.15) is 0 Å². The molecule has 0 amide bonds. The summed E-state index contributed by atoms with van der Waals surface area (Å²) >= 11 is 12.1. The lowest BCUT2D eigenvalue weighted by molar-refractivity contribution is 0.314. The first kappa shape index (κ1) is 20.1. The predicted octanol–water partition coefficient (Wildman–Crippen LogP) is 3.76. The van der Waals surface area contributed by atoms with Gasteiger partial charge in [0.25, 0.3) is 0 Å². The fourth-order valence-corrected chi connectivity index (χ4v) is 3.58. The van der Waals surface area contributed by atoms with Gasteiger partial charge in [-0.05, 0) is 49.4 Å². The van der Waals surface area contributed by atoms with Crippen molar-refractivity contribution < 1.29 is 0 Å². The smallest absolute Gasteiger partial charge is 0.191 e. The number of rotatable bonds is 5. The molecule has 0 aromatic heterocycles. The molecule has 3 rings (SSSR count). The first-order valence-electron chi connectivity index (χ1n) is 8.28. The molecule has 1 unspecified atom stereocenters. The molecule has 0 radical (unpaired) electrons. The Bertz CT molecular complexity index is 578. The van der Waals surface area contributed by atoms with Crippen LogP contribution in [0, 0.1) is 5.92 Å². The van der Waals surface area contributed by atoms with Gasteiger partial charge in [0.05, 0.1) is 0 Å². The Labute approximate surface area is 171 Å². The zero-order chi connectivity index (χ0) is 16.2. The molecule has 1 aromatic carbocycles. The number of halogens is 3. The van der Waals surface area contributed by atoms with E-state index in [-0.39, 0.29) is 24.0 Å². The van der Waals surface area contributed by atoms with Crippen LogP contribution in [0.1, 0.15) is 24.8 Å². The maximum Gasteiger partial charge on any atom is 0.191 e. The second kappa shape index (κ2) is 9.46. The summed E-state index contributed by atoms with van der Waals surface area (Å²) in [7, 11) is 1.80. The van der Waals surface area contributed by atoms with Gasteiger partial charge in [0, 0.05) is 42.8 Å². The lowest BCUT2D eigenvalue weighted by Crippen LogP contribution is -2.40. The van der Waals surface area contributed by atoms with E-state index in [1.54, 1.807) is 13.1 Å². The minimum absolute atomic E-state index is 0. The van der Waals surface area contributed by atoms with Crippen LogP contribution in [0.4, 0.5) is 0 Å². The Balaban J connectivity index is 0.00000208. The Morgan fingerprint density at radius 2 is 2.04 bits per heavy atom. The highest BCUT2D eigenvalue weighted by atomic mass is 127. The summed E-state index contributed by atoms with van der Waals surface area (Å²) < 4.78 is 0. The average molecular weight is 483 g/mol. The lowest BCUT2D eigenvalue weighted by atomic mass is 10.1. The number of guanidine groups is 1. The van der Waals surface area contributed by atoms with Crippen LogP contribution in [0.25, 0.3) is 0 Å². The van der Waals surface area contributed by atoms with E-state index >= 15 is 0 Å². The summed E-state index contributed by atoms with van der Waals surface area (Å²) in [6.07, 6.45) is 4.07. The maximum atomic E-state index is 6.20. The highest BCUT2D eigenvalue weighted by molar-refractivity contribution is 14.0. The van der Waals surface area contributed by atoms with Crippen molar-refractivity contribution in [2.45, 2.75) is 31.8 Å². The van der Waals surface area contributed by atoms with Crippen molar-refractivity contribution in [2.24, 2.45) is 10.9 Å². The number of aliphatic imine (C=N–C) groups is 1. The summed E-state index contributed by atoms with van der Waals surface area (Å²) in [5, 5.41) is 8.08. The van der Waals surface area contributed by atoms with Gasteiger partial charge in [0.2, 0.25) is 0 Å². The van der Waals surface area contributed by atoms with E-state index in [0.29, 0.717) is 22.5 Å². The van der Waals surface area contributed by atoms with Gasteiger partial charge < -0.3 is 15.5 Å². The van der Waals surface area contributed by atoms with Crippen molar-refractivity contribution >= 4 is 53.1 Å². The molecule has 1 aliphatic heterocycles. The van der Waals surface area contributed by atoms with Crippen molar-refractivity contribution in [2.75, 3.05) is 26.7 Å².